The first-order valence-electron chi connectivity index (χ1n) is 4.68. The molecule has 0 aliphatic carbocycles. The zero-order chi connectivity index (χ0) is 9.80. The highest BCUT2D eigenvalue weighted by molar-refractivity contribution is 8.03. The molecule has 0 bridgehead atoms. The molecule has 0 atom stereocenters. The monoisotopic (exact) mass is 209 g/mol. The molecule has 1 N–H and O–H groups in total. The van der Waals surface area contributed by atoms with Crippen molar-refractivity contribution in [3.63, 3.8) is 0 Å². The Labute approximate surface area is 87.4 Å². The fraction of sp³-hybridized carbons (Fsp3) is 0.273. The Hall–Kier alpha value is -0.800. The van der Waals surface area contributed by atoms with Crippen molar-refractivity contribution in [1.82, 2.24) is 5.32 Å². The average Bonchev–Trinajstić information content (AvgIpc) is 2.23. The summed E-state index contributed by atoms with van der Waals surface area (Å²) in [6.45, 7) is 1.99. The van der Waals surface area contributed by atoms with Crippen LogP contribution in [0.2, 0.25) is 0 Å². The first-order valence-corrected chi connectivity index (χ1v) is 5.49. The van der Waals surface area contributed by atoms with Gasteiger partial charge in [0.1, 0.15) is 5.82 Å². The van der Waals surface area contributed by atoms with E-state index in [1.54, 1.807) is 11.8 Å². The summed E-state index contributed by atoms with van der Waals surface area (Å²) in [5.41, 5.74) is 0. The Morgan fingerprint density at radius 1 is 1.21 bits per heavy atom. The molecule has 1 aliphatic rings. The van der Waals surface area contributed by atoms with Gasteiger partial charge in [-0.05, 0) is 42.1 Å². The summed E-state index contributed by atoms with van der Waals surface area (Å²) in [6.07, 6.45) is 3.26. The Morgan fingerprint density at radius 3 is 2.64 bits per heavy atom. The van der Waals surface area contributed by atoms with E-state index in [0.717, 1.165) is 24.4 Å². The highest BCUT2D eigenvalue weighted by Crippen LogP contribution is 2.29. The summed E-state index contributed by atoms with van der Waals surface area (Å²) in [5.74, 6) is -0.173. The Kier molecular flexibility index (Phi) is 3.22. The summed E-state index contributed by atoms with van der Waals surface area (Å²) in [5, 5.41) is 3.26. The van der Waals surface area contributed by atoms with Crippen LogP contribution in [-0.2, 0) is 0 Å². The highest BCUT2D eigenvalue weighted by Gasteiger charge is 2.04. The number of thioether (sulfide) groups is 1. The van der Waals surface area contributed by atoms with Gasteiger partial charge in [0.05, 0.1) is 0 Å². The predicted octanol–water partition coefficient (Wildman–Crippen LogP) is 2.80. The third kappa shape index (κ3) is 2.59. The predicted molar refractivity (Wildman–Crippen MR) is 57.8 cm³/mol. The quantitative estimate of drug-likeness (QED) is 0.803. The third-order valence-corrected chi connectivity index (χ3v) is 3.23. The zero-order valence-electron chi connectivity index (χ0n) is 7.79. The maximum atomic E-state index is 12.6. The molecule has 0 radical (unpaired) electrons. The fourth-order valence-corrected chi connectivity index (χ4v) is 2.29. The molecule has 0 amide bonds. The van der Waals surface area contributed by atoms with Gasteiger partial charge in [0.2, 0.25) is 0 Å². The van der Waals surface area contributed by atoms with Crippen molar-refractivity contribution in [2.75, 3.05) is 13.1 Å². The van der Waals surface area contributed by atoms with E-state index >= 15 is 0 Å². The number of halogens is 1. The van der Waals surface area contributed by atoms with Gasteiger partial charge < -0.3 is 5.32 Å². The van der Waals surface area contributed by atoms with E-state index < -0.39 is 0 Å². The number of benzene rings is 1. The van der Waals surface area contributed by atoms with Gasteiger partial charge in [0, 0.05) is 11.4 Å². The molecule has 14 heavy (non-hydrogen) atoms. The lowest BCUT2D eigenvalue weighted by Gasteiger charge is -2.13. The van der Waals surface area contributed by atoms with Crippen LogP contribution in [0.4, 0.5) is 4.39 Å². The zero-order valence-corrected chi connectivity index (χ0v) is 8.61. The maximum Gasteiger partial charge on any atom is 0.123 e. The summed E-state index contributed by atoms with van der Waals surface area (Å²) in [6, 6.07) is 6.65. The van der Waals surface area contributed by atoms with E-state index in [9.17, 15) is 4.39 Å². The van der Waals surface area contributed by atoms with Crippen LogP contribution in [0, 0.1) is 5.82 Å². The molecule has 0 saturated carbocycles. The molecule has 1 aromatic rings. The van der Waals surface area contributed by atoms with Gasteiger partial charge in [-0.25, -0.2) is 4.39 Å². The molecular formula is C11H12FNS. The van der Waals surface area contributed by atoms with Crippen molar-refractivity contribution in [2.24, 2.45) is 0 Å². The summed E-state index contributed by atoms with van der Waals surface area (Å²) in [7, 11) is 0. The van der Waals surface area contributed by atoms with Crippen molar-refractivity contribution in [2.45, 2.75) is 11.3 Å². The molecule has 74 valence electrons. The van der Waals surface area contributed by atoms with Gasteiger partial charge in [-0.3, -0.25) is 0 Å². The lowest BCUT2D eigenvalue weighted by Crippen LogP contribution is -2.19. The second-order valence-corrected chi connectivity index (χ2v) is 4.38. The summed E-state index contributed by atoms with van der Waals surface area (Å²) < 4.78 is 12.6. The smallest absolute Gasteiger partial charge is 0.123 e. The average molecular weight is 209 g/mol. The first-order chi connectivity index (χ1) is 6.84. The van der Waals surface area contributed by atoms with Crippen LogP contribution in [0.1, 0.15) is 6.42 Å². The minimum absolute atomic E-state index is 0.173. The van der Waals surface area contributed by atoms with Crippen molar-refractivity contribution >= 4 is 11.8 Å². The SMILES string of the molecule is Fc1ccc(SC2=CCNCC2)cc1. The lowest BCUT2D eigenvalue weighted by molar-refractivity contribution is 0.626. The molecular weight excluding hydrogens is 197 g/mol. The van der Waals surface area contributed by atoms with Crippen molar-refractivity contribution in [3.05, 3.63) is 41.1 Å². The van der Waals surface area contributed by atoms with E-state index in [2.05, 4.69) is 11.4 Å². The van der Waals surface area contributed by atoms with Crippen molar-refractivity contribution < 1.29 is 4.39 Å². The molecule has 1 aromatic carbocycles. The number of nitrogens with one attached hydrogen (secondary N) is 1. The van der Waals surface area contributed by atoms with Crippen LogP contribution in [0.5, 0.6) is 0 Å². The summed E-state index contributed by atoms with van der Waals surface area (Å²) in [4.78, 5) is 2.48. The molecule has 1 aliphatic heterocycles. The Balaban J connectivity index is 2.03. The third-order valence-electron chi connectivity index (χ3n) is 2.08. The van der Waals surface area contributed by atoms with Gasteiger partial charge >= 0.3 is 0 Å². The second-order valence-electron chi connectivity index (χ2n) is 3.18. The maximum absolute atomic E-state index is 12.6. The second kappa shape index (κ2) is 4.62. The van der Waals surface area contributed by atoms with E-state index in [1.807, 2.05) is 12.1 Å². The Morgan fingerprint density at radius 2 is 2.00 bits per heavy atom. The number of hydrogen-bond acceptors (Lipinski definition) is 2. The minimum Gasteiger partial charge on any atom is -0.313 e. The lowest BCUT2D eigenvalue weighted by atomic mass is 10.3. The molecule has 0 saturated heterocycles. The summed E-state index contributed by atoms with van der Waals surface area (Å²) >= 11 is 1.73. The molecule has 0 aromatic heterocycles. The van der Waals surface area contributed by atoms with Crippen LogP contribution in [-0.4, -0.2) is 13.1 Å². The van der Waals surface area contributed by atoms with Gasteiger partial charge in [-0.2, -0.15) is 0 Å². The van der Waals surface area contributed by atoms with E-state index in [4.69, 9.17) is 0 Å². The first kappa shape index (κ1) is 9.74. The van der Waals surface area contributed by atoms with Crippen molar-refractivity contribution in [3.8, 4) is 0 Å². The van der Waals surface area contributed by atoms with Crippen molar-refractivity contribution in [1.29, 1.82) is 0 Å². The van der Waals surface area contributed by atoms with Crippen LogP contribution in [0.15, 0.2) is 40.1 Å². The fourth-order valence-electron chi connectivity index (χ4n) is 1.35. The van der Waals surface area contributed by atoms with Crippen LogP contribution in [0.25, 0.3) is 0 Å². The van der Waals surface area contributed by atoms with Gasteiger partial charge in [-0.15, -0.1) is 0 Å². The molecule has 1 heterocycles. The molecule has 0 unspecified atom stereocenters. The van der Waals surface area contributed by atoms with E-state index in [0.29, 0.717) is 0 Å². The topological polar surface area (TPSA) is 12.0 Å². The van der Waals surface area contributed by atoms with Gasteiger partial charge in [0.25, 0.3) is 0 Å². The van der Waals surface area contributed by atoms with E-state index in [-0.39, 0.29) is 5.82 Å². The Bertz CT molecular complexity index is 332. The molecule has 2 rings (SSSR count). The molecule has 1 nitrogen and oxygen atoms in total. The normalized spacial score (nSPS) is 16.5. The highest BCUT2D eigenvalue weighted by atomic mass is 32.2. The molecule has 0 spiro atoms. The molecule has 0 fully saturated rings. The number of hydrogen-bond donors (Lipinski definition) is 1. The van der Waals surface area contributed by atoms with Crippen LogP contribution in [0.3, 0.4) is 0 Å². The van der Waals surface area contributed by atoms with Gasteiger partial charge in [-0.1, -0.05) is 17.8 Å². The van der Waals surface area contributed by atoms with Crippen LogP contribution >= 0.6 is 11.8 Å². The largest absolute Gasteiger partial charge is 0.313 e. The standard InChI is InChI=1S/C11H12FNS/c12-9-1-3-10(4-2-9)14-11-5-7-13-8-6-11/h1-5,13H,6-8H2. The molecule has 3 heteroatoms. The minimum atomic E-state index is -0.173. The van der Waals surface area contributed by atoms with E-state index in [1.165, 1.54) is 17.0 Å². The van der Waals surface area contributed by atoms with Gasteiger partial charge in [0.15, 0.2) is 0 Å². The van der Waals surface area contributed by atoms with Crippen LogP contribution < -0.4 is 5.32 Å². The number of rotatable bonds is 2.